The Balaban J connectivity index is 2.62. The highest BCUT2D eigenvalue weighted by atomic mass is 16.5. The predicted molar refractivity (Wildman–Crippen MR) is 58.1 cm³/mol. The van der Waals surface area contributed by atoms with Gasteiger partial charge in [0.1, 0.15) is 0 Å². The molecule has 1 rings (SSSR count). The zero-order chi connectivity index (χ0) is 13.7. The van der Waals surface area contributed by atoms with Crippen LogP contribution in [0.2, 0.25) is 0 Å². The van der Waals surface area contributed by atoms with Crippen LogP contribution in [0.25, 0.3) is 0 Å². The largest absolute Gasteiger partial charge is 0.504 e. The van der Waals surface area contributed by atoms with Gasteiger partial charge in [0.2, 0.25) is 5.91 Å². The van der Waals surface area contributed by atoms with Gasteiger partial charge in [0, 0.05) is 0 Å². The minimum atomic E-state index is -0.778. The second-order valence-corrected chi connectivity index (χ2v) is 3.47. The van der Waals surface area contributed by atoms with Crippen molar-refractivity contribution in [2.45, 2.75) is 6.42 Å². The standard InChI is InChI=1S/C10H12N2O6/c13-6-1-5(2-7(14)10(6)17)3-8(15)11-4-9(16)12-18/h1-2,13-14,17-18H,3-4H2,(H,11,15)(H,12,16). The number of rotatable bonds is 4. The molecule has 0 unspecified atom stereocenters. The number of hydroxylamine groups is 1. The third kappa shape index (κ3) is 3.52. The van der Waals surface area contributed by atoms with E-state index in [1.807, 2.05) is 0 Å². The van der Waals surface area contributed by atoms with Crippen LogP contribution >= 0.6 is 0 Å². The second-order valence-electron chi connectivity index (χ2n) is 3.47. The normalized spacial score (nSPS) is 9.83. The van der Waals surface area contributed by atoms with E-state index in [1.165, 1.54) is 5.48 Å². The molecule has 0 bridgehead atoms. The number of phenolic OH excluding ortho intramolecular Hbond substituents is 3. The lowest BCUT2D eigenvalue weighted by Crippen LogP contribution is -2.36. The van der Waals surface area contributed by atoms with Gasteiger partial charge in [0.25, 0.3) is 5.91 Å². The molecule has 2 amide bonds. The number of benzene rings is 1. The molecule has 1 aromatic carbocycles. The van der Waals surface area contributed by atoms with Crippen molar-refractivity contribution in [3.05, 3.63) is 17.7 Å². The van der Waals surface area contributed by atoms with Crippen molar-refractivity contribution in [1.82, 2.24) is 10.8 Å². The van der Waals surface area contributed by atoms with Gasteiger partial charge in [0.05, 0.1) is 13.0 Å². The zero-order valence-electron chi connectivity index (χ0n) is 9.17. The molecule has 0 saturated carbocycles. The van der Waals surface area contributed by atoms with E-state index >= 15 is 0 Å². The molecule has 8 heteroatoms. The Kier molecular flexibility index (Phi) is 4.33. The van der Waals surface area contributed by atoms with Crippen molar-refractivity contribution in [3.63, 3.8) is 0 Å². The van der Waals surface area contributed by atoms with Crippen LogP contribution in [0.5, 0.6) is 17.2 Å². The maximum atomic E-state index is 11.3. The van der Waals surface area contributed by atoms with E-state index in [0.29, 0.717) is 0 Å². The minimum absolute atomic E-state index is 0.208. The van der Waals surface area contributed by atoms with Gasteiger partial charge >= 0.3 is 0 Å². The first-order chi connectivity index (χ1) is 8.43. The highest BCUT2D eigenvalue weighted by Crippen LogP contribution is 2.35. The molecule has 0 fully saturated rings. The number of hydrogen-bond acceptors (Lipinski definition) is 6. The number of aromatic hydroxyl groups is 3. The van der Waals surface area contributed by atoms with Gasteiger partial charge in [-0.05, 0) is 17.7 Å². The molecule has 6 N–H and O–H groups in total. The number of hydrogen-bond donors (Lipinski definition) is 6. The van der Waals surface area contributed by atoms with Crippen LogP contribution in [0.1, 0.15) is 5.56 Å². The van der Waals surface area contributed by atoms with Gasteiger partial charge in [-0.2, -0.15) is 0 Å². The lowest BCUT2D eigenvalue weighted by atomic mass is 10.1. The molecule has 0 aliphatic carbocycles. The third-order valence-electron chi connectivity index (χ3n) is 2.06. The molecule has 8 nitrogen and oxygen atoms in total. The van der Waals surface area contributed by atoms with E-state index in [4.69, 9.17) is 10.3 Å². The summed E-state index contributed by atoms with van der Waals surface area (Å²) in [6.45, 7) is -0.397. The SMILES string of the molecule is O=C(CNC(=O)Cc1cc(O)c(O)c(O)c1)NO. The average molecular weight is 256 g/mol. The van der Waals surface area contributed by atoms with Gasteiger partial charge in [-0.1, -0.05) is 0 Å². The summed E-state index contributed by atoms with van der Waals surface area (Å²) in [5.41, 5.74) is 1.60. The topological polar surface area (TPSA) is 139 Å². The Hall–Kier alpha value is -2.48. The lowest BCUT2D eigenvalue weighted by Gasteiger charge is -2.06. The summed E-state index contributed by atoms with van der Waals surface area (Å²) < 4.78 is 0. The first-order valence-electron chi connectivity index (χ1n) is 4.87. The summed E-state index contributed by atoms with van der Waals surface area (Å²) in [5, 5.41) is 37.9. The second kappa shape index (κ2) is 5.73. The molecule has 0 heterocycles. The van der Waals surface area contributed by atoms with Crippen LogP contribution in [-0.4, -0.2) is 38.9 Å². The fraction of sp³-hybridized carbons (Fsp3) is 0.200. The Morgan fingerprint density at radius 2 is 1.61 bits per heavy atom. The maximum Gasteiger partial charge on any atom is 0.262 e. The molecule has 1 aromatic rings. The molecule has 98 valence electrons. The van der Waals surface area contributed by atoms with Gasteiger partial charge in [-0.25, -0.2) is 5.48 Å². The maximum absolute atomic E-state index is 11.3. The molecule has 0 aliphatic heterocycles. The van der Waals surface area contributed by atoms with Crippen LogP contribution in [0.15, 0.2) is 12.1 Å². The van der Waals surface area contributed by atoms with Crippen LogP contribution in [-0.2, 0) is 16.0 Å². The van der Waals surface area contributed by atoms with Crippen molar-refractivity contribution >= 4 is 11.8 Å². The van der Waals surface area contributed by atoms with Gasteiger partial charge in [-0.15, -0.1) is 0 Å². The Bertz CT molecular complexity index is 450. The van der Waals surface area contributed by atoms with Crippen molar-refractivity contribution in [2.24, 2.45) is 0 Å². The molecular weight excluding hydrogens is 244 g/mol. The van der Waals surface area contributed by atoms with Crippen LogP contribution in [0.4, 0.5) is 0 Å². The molecule has 0 saturated heterocycles. The molecular formula is C10H12N2O6. The highest BCUT2D eigenvalue weighted by molar-refractivity contribution is 5.85. The first kappa shape index (κ1) is 13.6. The van der Waals surface area contributed by atoms with Crippen LogP contribution in [0.3, 0.4) is 0 Å². The summed E-state index contributed by atoms with van der Waals surface area (Å²) in [6, 6.07) is 2.22. The molecule has 0 aromatic heterocycles. The Morgan fingerprint density at radius 3 is 2.11 bits per heavy atom. The van der Waals surface area contributed by atoms with E-state index in [-0.39, 0.29) is 12.0 Å². The summed E-state index contributed by atoms with van der Waals surface area (Å²) >= 11 is 0. The number of nitrogens with one attached hydrogen (secondary N) is 2. The van der Waals surface area contributed by atoms with Gasteiger partial charge < -0.3 is 20.6 Å². The molecule has 0 radical (unpaired) electrons. The van der Waals surface area contributed by atoms with Crippen molar-refractivity contribution < 1.29 is 30.1 Å². The van der Waals surface area contributed by atoms with Gasteiger partial charge in [-0.3, -0.25) is 14.8 Å². The van der Waals surface area contributed by atoms with E-state index in [2.05, 4.69) is 5.32 Å². The van der Waals surface area contributed by atoms with Crippen molar-refractivity contribution in [3.8, 4) is 17.2 Å². The zero-order valence-corrected chi connectivity index (χ0v) is 9.17. The van der Waals surface area contributed by atoms with Crippen LogP contribution in [0, 0.1) is 0 Å². The monoisotopic (exact) mass is 256 g/mol. The Labute approximate surface area is 101 Å². The predicted octanol–water partition coefficient (Wildman–Crippen LogP) is -1.03. The quantitative estimate of drug-likeness (QED) is 0.231. The lowest BCUT2D eigenvalue weighted by molar-refractivity contribution is -0.131. The fourth-order valence-corrected chi connectivity index (χ4v) is 1.23. The number of carbonyl (C=O) groups excluding carboxylic acids is 2. The summed E-state index contributed by atoms with van der Waals surface area (Å²) in [4.78, 5) is 22.0. The number of phenols is 3. The van der Waals surface area contributed by atoms with E-state index in [1.54, 1.807) is 0 Å². The summed E-state index contributed by atoms with van der Waals surface area (Å²) in [6.07, 6.45) is -0.208. The smallest absolute Gasteiger partial charge is 0.262 e. The fourth-order valence-electron chi connectivity index (χ4n) is 1.23. The average Bonchev–Trinajstić information content (AvgIpc) is 2.32. The molecule has 0 atom stereocenters. The highest BCUT2D eigenvalue weighted by Gasteiger charge is 2.11. The van der Waals surface area contributed by atoms with Crippen molar-refractivity contribution in [1.29, 1.82) is 0 Å². The van der Waals surface area contributed by atoms with Crippen molar-refractivity contribution in [2.75, 3.05) is 6.54 Å². The van der Waals surface area contributed by atoms with E-state index < -0.39 is 35.6 Å². The summed E-state index contributed by atoms with van der Waals surface area (Å²) in [7, 11) is 0. The summed E-state index contributed by atoms with van der Waals surface area (Å²) in [5.74, 6) is -3.10. The van der Waals surface area contributed by atoms with Crippen LogP contribution < -0.4 is 10.8 Å². The minimum Gasteiger partial charge on any atom is -0.504 e. The first-order valence-corrected chi connectivity index (χ1v) is 4.87. The van der Waals surface area contributed by atoms with Gasteiger partial charge in [0.15, 0.2) is 17.2 Å². The third-order valence-corrected chi connectivity index (χ3v) is 2.06. The number of amides is 2. The van der Waals surface area contributed by atoms with E-state index in [9.17, 15) is 19.8 Å². The van der Waals surface area contributed by atoms with E-state index in [0.717, 1.165) is 12.1 Å². The Morgan fingerprint density at radius 1 is 1.06 bits per heavy atom. The molecule has 0 spiro atoms. The number of carbonyl (C=O) groups is 2. The molecule has 0 aliphatic rings. The molecule has 18 heavy (non-hydrogen) atoms.